The molecule has 0 nitrogen and oxygen atoms in total. The number of alkyl halides is 5. The van der Waals surface area contributed by atoms with E-state index in [4.69, 9.17) is 69.6 Å². The summed E-state index contributed by atoms with van der Waals surface area (Å²) in [6, 6.07) is 5.23. The van der Waals surface area contributed by atoms with Crippen LogP contribution in [0.2, 0.25) is 5.02 Å². The normalized spacial score (nSPS) is 32.2. The number of hydrogen-bond acceptors (Lipinski definition) is 0. The summed E-state index contributed by atoms with van der Waals surface area (Å²) < 4.78 is -1.28. The zero-order valence-electron chi connectivity index (χ0n) is 7.73. The highest BCUT2D eigenvalue weighted by Gasteiger charge is 2.49. The van der Waals surface area contributed by atoms with Gasteiger partial charge in [0.25, 0.3) is 0 Å². The summed E-state index contributed by atoms with van der Waals surface area (Å²) in [5.74, 6) is 0. The molecule has 3 atom stereocenters. The fraction of sp³-hybridized carbons (Fsp3) is 0.400. The van der Waals surface area contributed by atoms with Gasteiger partial charge < -0.3 is 0 Å². The Labute approximate surface area is 124 Å². The summed E-state index contributed by atoms with van der Waals surface area (Å²) in [5, 5.41) is -1.26. The minimum absolute atomic E-state index is 0.498. The topological polar surface area (TPSA) is 0 Å². The third-order valence-electron chi connectivity index (χ3n) is 2.59. The van der Waals surface area contributed by atoms with Crippen molar-refractivity contribution in [2.24, 2.45) is 0 Å². The van der Waals surface area contributed by atoms with E-state index in [1.807, 2.05) is 0 Å². The van der Waals surface area contributed by atoms with Gasteiger partial charge in [0.2, 0.25) is 0 Å². The van der Waals surface area contributed by atoms with Crippen LogP contribution in [0, 0.1) is 0 Å². The molecule has 0 saturated heterocycles. The predicted octanol–water partition coefficient (Wildman–Crippen LogP) is 5.48. The summed E-state index contributed by atoms with van der Waals surface area (Å²) in [7, 11) is 0. The maximum absolute atomic E-state index is 6.22. The van der Waals surface area contributed by atoms with Gasteiger partial charge in [0.15, 0.2) is 4.33 Å². The molecular weight excluding hydrogens is 333 g/mol. The molecule has 2 rings (SSSR count). The second-order valence-corrected chi connectivity index (χ2v) is 6.81. The van der Waals surface area contributed by atoms with E-state index in [1.165, 1.54) is 0 Å². The Hall–Kier alpha value is 0.960. The van der Waals surface area contributed by atoms with Gasteiger partial charge in [0, 0.05) is 5.02 Å². The van der Waals surface area contributed by atoms with Crippen molar-refractivity contribution < 1.29 is 0 Å². The van der Waals surface area contributed by atoms with Crippen molar-refractivity contribution in [3.63, 3.8) is 0 Å². The lowest BCUT2D eigenvalue weighted by Gasteiger charge is -2.38. The average molecular weight is 339 g/mol. The molecular formula is C10H6Cl6. The van der Waals surface area contributed by atoms with Crippen LogP contribution in [0.15, 0.2) is 18.2 Å². The first-order valence-corrected chi connectivity index (χ1v) is 6.90. The lowest BCUT2D eigenvalue weighted by molar-refractivity contribution is 0.628. The van der Waals surface area contributed by atoms with Crippen LogP contribution in [0.1, 0.15) is 16.5 Å². The molecule has 0 N–H and O–H groups in total. The van der Waals surface area contributed by atoms with Gasteiger partial charge in [-0.1, -0.05) is 46.9 Å². The number of halogens is 6. The Bertz CT molecular complexity index is 416. The molecule has 0 aromatic heterocycles. The quantitative estimate of drug-likeness (QED) is 0.549. The van der Waals surface area contributed by atoms with E-state index in [9.17, 15) is 0 Å². The number of rotatable bonds is 0. The molecule has 0 radical (unpaired) electrons. The minimum atomic E-state index is -1.28. The Morgan fingerprint density at radius 3 is 2.31 bits per heavy atom. The minimum Gasteiger partial charge on any atom is -0.119 e. The van der Waals surface area contributed by atoms with Crippen LogP contribution in [0.3, 0.4) is 0 Å². The number of fused-ring (bicyclic) bond motifs is 1. The van der Waals surface area contributed by atoms with Crippen LogP contribution in [0.4, 0.5) is 0 Å². The fourth-order valence-electron chi connectivity index (χ4n) is 1.76. The molecule has 16 heavy (non-hydrogen) atoms. The first kappa shape index (κ1) is 13.4. The van der Waals surface area contributed by atoms with E-state index in [0.29, 0.717) is 16.1 Å². The van der Waals surface area contributed by atoms with Crippen LogP contribution in [-0.2, 0) is 4.33 Å². The largest absolute Gasteiger partial charge is 0.161 e. The molecule has 0 heterocycles. The Balaban J connectivity index is 2.68. The van der Waals surface area contributed by atoms with E-state index in [-0.39, 0.29) is 0 Å². The smallest absolute Gasteiger partial charge is 0.119 e. The van der Waals surface area contributed by atoms with Gasteiger partial charge in [0.05, 0.1) is 16.1 Å². The summed E-state index contributed by atoms with van der Waals surface area (Å²) >= 11 is 36.9. The van der Waals surface area contributed by atoms with Crippen molar-refractivity contribution in [3.8, 4) is 0 Å². The Kier molecular flexibility index (Phi) is 3.82. The van der Waals surface area contributed by atoms with Crippen molar-refractivity contribution >= 4 is 69.6 Å². The molecule has 0 saturated carbocycles. The average Bonchev–Trinajstić information content (AvgIpc) is 2.24. The van der Waals surface area contributed by atoms with Crippen molar-refractivity contribution in [2.75, 3.05) is 0 Å². The second kappa shape index (κ2) is 4.57. The van der Waals surface area contributed by atoms with Crippen molar-refractivity contribution in [1.82, 2.24) is 0 Å². The number of benzene rings is 1. The molecule has 3 unspecified atom stereocenters. The monoisotopic (exact) mass is 336 g/mol. The van der Waals surface area contributed by atoms with Gasteiger partial charge in [-0.05, 0) is 17.2 Å². The van der Waals surface area contributed by atoms with E-state index in [0.717, 1.165) is 0 Å². The lowest BCUT2D eigenvalue weighted by Crippen LogP contribution is -2.40. The van der Waals surface area contributed by atoms with Gasteiger partial charge in [0.1, 0.15) is 0 Å². The SMILES string of the molecule is Clc1cccc2c1C(Cl)C(Cl)C(Cl)C2(Cl)Cl. The summed E-state index contributed by atoms with van der Waals surface area (Å²) in [4.78, 5) is 0. The standard InChI is InChI=1S/C10H6Cl6/c11-5-3-1-2-4-6(5)7(12)8(13)9(14)10(4,15)16/h1-3,7-9H. The van der Waals surface area contributed by atoms with Gasteiger partial charge >= 0.3 is 0 Å². The maximum atomic E-state index is 6.22. The molecule has 0 amide bonds. The first-order chi connectivity index (χ1) is 7.37. The summed E-state index contributed by atoms with van der Waals surface area (Å²) in [6.07, 6.45) is 0. The Morgan fingerprint density at radius 2 is 1.69 bits per heavy atom. The van der Waals surface area contributed by atoms with Crippen LogP contribution < -0.4 is 0 Å². The van der Waals surface area contributed by atoms with Crippen LogP contribution in [-0.4, -0.2) is 10.8 Å². The van der Waals surface area contributed by atoms with Gasteiger partial charge in [-0.3, -0.25) is 0 Å². The molecule has 1 aliphatic rings. The lowest BCUT2D eigenvalue weighted by atomic mass is 9.89. The highest BCUT2D eigenvalue weighted by Crippen LogP contribution is 2.55. The third-order valence-corrected chi connectivity index (χ3v) is 5.87. The third kappa shape index (κ3) is 1.92. The number of hydrogen-bond donors (Lipinski definition) is 0. The van der Waals surface area contributed by atoms with Crippen LogP contribution in [0.5, 0.6) is 0 Å². The van der Waals surface area contributed by atoms with Crippen LogP contribution in [0.25, 0.3) is 0 Å². The zero-order chi connectivity index (χ0) is 12.1. The molecule has 6 heteroatoms. The van der Waals surface area contributed by atoms with E-state index < -0.39 is 20.5 Å². The molecule has 1 aliphatic carbocycles. The van der Waals surface area contributed by atoms with Crippen molar-refractivity contribution in [3.05, 3.63) is 34.3 Å². The van der Waals surface area contributed by atoms with Gasteiger partial charge in [-0.15, -0.1) is 34.8 Å². The van der Waals surface area contributed by atoms with Gasteiger partial charge in [-0.25, -0.2) is 0 Å². The molecule has 88 valence electrons. The zero-order valence-corrected chi connectivity index (χ0v) is 12.3. The van der Waals surface area contributed by atoms with E-state index in [1.54, 1.807) is 18.2 Å². The van der Waals surface area contributed by atoms with Crippen molar-refractivity contribution in [1.29, 1.82) is 0 Å². The maximum Gasteiger partial charge on any atom is 0.161 e. The van der Waals surface area contributed by atoms with Crippen LogP contribution >= 0.6 is 69.6 Å². The Morgan fingerprint density at radius 1 is 1.06 bits per heavy atom. The first-order valence-electron chi connectivity index (χ1n) is 4.46. The molecule has 0 bridgehead atoms. The van der Waals surface area contributed by atoms with Gasteiger partial charge in [-0.2, -0.15) is 0 Å². The van der Waals surface area contributed by atoms with E-state index in [2.05, 4.69) is 0 Å². The van der Waals surface area contributed by atoms with E-state index >= 15 is 0 Å². The summed E-state index contributed by atoms with van der Waals surface area (Å²) in [6.45, 7) is 0. The highest BCUT2D eigenvalue weighted by atomic mass is 35.5. The molecule has 1 aromatic rings. The van der Waals surface area contributed by atoms with Crippen molar-refractivity contribution in [2.45, 2.75) is 20.5 Å². The molecule has 0 fully saturated rings. The molecule has 1 aromatic carbocycles. The predicted molar refractivity (Wildman–Crippen MR) is 72.7 cm³/mol. The summed E-state index contributed by atoms with van der Waals surface area (Å²) in [5.41, 5.74) is 1.29. The second-order valence-electron chi connectivity index (χ2n) is 3.57. The fourth-order valence-corrected chi connectivity index (χ4v) is 3.88. The molecule has 0 spiro atoms. The highest BCUT2D eigenvalue weighted by molar-refractivity contribution is 6.54. The molecule has 0 aliphatic heterocycles.